The van der Waals surface area contributed by atoms with Crippen molar-refractivity contribution in [2.24, 2.45) is 5.14 Å². The van der Waals surface area contributed by atoms with Crippen molar-refractivity contribution in [3.8, 4) is 34.3 Å². The van der Waals surface area contributed by atoms with E-state index in [-0.39, 0.29) is 11.6 Å². The molecule has 352 valence electrons. The molecule has 68 heavy (non-hydrogen) atoms. The molecule has 6 heterocycles. The Balaban J connectivity index is 0.000000154. The summed E-state index contributed by atoms with van der Waals surface area (Å²) in [5.41, 5.74) is 7.92. The van der Waals surface area contributed by atoms with E-state index in [1.807, 2.05) is 34.1 Å². The first kappa shape index (κ1) is 47.7. The molecule has 20 heteroatoms. The van der Waals surface area contributed by atoms with Crippen LogP contribution in [0.3, 0.4) is 0 Å². The fraction of sp³-hybridized carbons (Fsp3) is 0.292. The third-order valence-corrected chi connectivity index (χ3v) is 15.1. The van der Waals surface area contributed by atoms with E-state index in [9.17, 15) is 30.4 Å². The second-order valence-corrected chi connectivity index (χ2v) is 20.7. The van der Waals surface area contributed by atoms with Gasteiger partial charge in [0.2, 0.25) is 20.0 Å². The number of pyridine rings is 4. The number of aromatic nitrogens is 4. The number of hydrogen-bond acceptors (Lipinski definition) is 13. The first-order valence-electron chi connectivity index (χ1n) is 21.9. The maximum absolute atomic E-state index is 14.7. The molecule has 0 spiro atoms. The summed E-state index contributed by atoms with van der Waals surface area (Å²) in [5.74, 6) is -0.0479. The number of hydrogen-bond donors (Lipinski definition) is 3. The van der Waals surface area contributed by atoms with Crippen LogP contribution >= 0.6 is 0 Å². The highest BCUT2D eigenvalue weighted by Crippen LogP contribution is 2.41. The van der Waals surface area contributed by atoms with Gasteiger partial charge in [-0.3, -0.25) is 29.7 Å². The number of carbonyl (C=O) groups excluding carboxylic acids is 1. The van der Waals surface area contributed by atoms with Gasteiger partial charge in [0.1, 0.15) is 22.1 Å². The van der Waals surface area contributed by atoms with Crippen LogP contribution in [0.1, 0.15) is 46.2 Å². The summed E-state index contributed by atoms with van der Waals surface area (Å²) in [6.45, 7) is 3.03. The van der Waals surface area contributed by atoms with Gasteiger partial charge in [0.05, 0.1) is 5.69 Å². The SMILES string of the molecule is N#COc1c(-c2ccncc2)cc(F)c2c1CCC2.NS(=O)(=O)C1CN(Cc2cccnc2)C1.O=C(Nc1c(-c2ccncc2)cc(F)c2c1CCC2)NS(=O)(=O)C1CN(Cc2cccnc2)C1. The van der Waals surface area contributed by atoms with Gasteiger partial charge in [-0.25, -0.2) is 40.3 Å². The zero-order valence-corrected chi connectivity index (χ0v) is 38.4. The molecule has 0 radical (unpaired) electrons. The normalized spacial score (nSPS) is 15.7. The van der Waals surface area contributed by atoms with Crippen molar-refractivity contribution in [1.29, 1.82) is 5.26 Å². The van der Waals surface area contributed by atoms with Crippen molar-refractivity contribution in [2.75, 3.05) is 31.5 Å². The lowest BCUT2D eigenvalue weighted by molar-refractivity contribution is 0.175. The number of anilines is 1. The number of likely N-dealkylation sites (tertiary alicyclic amines) is 2. The monoisotopic (exact) mass is 962 g/mol. The Bertz CT molecular complexity index is 3020. The second kappa shape index (κ2) is 21.0. The Labute approximate surface area is 393 Å². The largest absolute Gasteiger partial charge is 0.387 e. The number of rotatable bonds is 11. The number of carbonyl (C=O) groups is 1. The van der Waals surface area contributed by atoms with E-state index in [4.69, 9.17) is 15.1 Å². The van der Waals surface area contributed by atoms with Gasteiger partial charge in [0.15, 0.2) is 5.75 Å². The van der Waals surface area contributed by atoms with Gasteiger partial charge in [-0.05, 0) is 126 Å². The predicted octanol–water partition coefficient (Wildman–Crippen LogP) is 5.90. The van der Waals surface area contributed by atoms with Crippen LogP contribution in [0.4, 0.5) is 19.3 Å². The van der Waals surface area contributed by atoms with E-state index >= 15 is 0 Å². The molecular formula is C48H48F2N10O6S2. The lowest BCUT2D eigenvalue weighted by atomic mass is 9.97. The molecule has 2 aromatic carbocycles. The third-order valence-electron chi connectivity index (χ3n) is 12.3. The summed E-state index contributed by atoms with van der Waals surface area (Å²) < 4.78 is 83.5. The Morgan fingerprint density at radius 3 is 1.69 bits per heavy atom. The van der Waals surface area contributed by atoms with Crippen LogP contribution in [0, 0.1) is 23.2 Å². The molecular weight excluding hydrogens is 915 g/mol. The van der Waals surface area contributed by atoms with E-state index in [2.05, 4.69) is 30.0 Å². The first-order valence-corrected chi connectivity index (χ1v) is 25.0. The molecule has 2 aliphatic heterocycles. The minimum absolute atomic E-state index is 0.218. The van der Waals surface area contributed by atoms with Gasteiger partial charge in [0.25, 0.3) is 6.26 Å². The molecule has 6 aromatic rings. The van der Waals surface area contributed by atoms with Crippen LogP contribution < -0.4 is 19.9 Å². The predicted molar refractivity (Wildman–Crippen MR) is 250 cm³/mol. The Kier molecular flexibility index (Phi) is 14.8. The maximum Gasteiger partial charge on any atom is 0.332 e. The minimum atomic E-state index is -3.87. The highest BCUT2D eigenvalue weighted by atomic mass is 32.2. The summed E-state index contributed by atoms with van der Waals surface area (Å²) >= 11 is 0. The number of urea groups is 1. The summed E-state index contributed by atoms with van der Waals surface area (Å²) in [5, 5.41) is 15.5. The Morgan fingerprint density at radius 2 is 1.18 bits per heavy atom. The van der Waals surface area contributed by atoms with E-state index in [1.165, 1.54) is 12.1 Å². The Hall–Kier alpha value is -6.76. The molecule has 4 aliphatic rings. The minimum Gasteiger partial charge on any atom is -0.387 e. The zero-order chi connectivity index (χ0) is 47.8. The second-order valence-electron chi connectivity index (χ2n) is 16.8. The molecule has 0 atom stereocenters. The standard InChI is InChI=1S/C24H24FN5O3S.C15H11FN2O.C9H13N3O2S/c25-22-11-21(17-6-9-26-10-7-17)23(20-5-1-4-19(20)22)28-24(31)29-34(32,33)18-14-30(15-18)13-16-3-2-8-27-12-16;16-14-8-13(10-4-6-18-7-5-10)15(19-9-17)12-3-1-2-11(12)14;10-15(13,14)9-6-12(7-9)5-8-2-1-3-11-4-8/h2-3,6-12,18H,1,4-5,13-15H2,(H2,28,29,31);4-8H,1-3H2;1-4,9H,5-7H2,(H2,10,13,14). The van der Waals surface area contributed by atoms with Crippen molar-refractivity contribution in [2.45, 2.75) is 62.1 Å². The third kappa shape index (κ3) is 11.3. The molecule has 0 bridgehead atoms. The summed E-state index contributed by atoms with van der Waals surface area (Å²) in [6, 6.07) is 16.6. The lowest BCUT2D eigenvalue weighted by Gasteiger charge is -2.38. The number of nitrogens with two attached hydrogens (primary N) is 1. The molecule has 10 rings (SSSR count). The average Bonchev–Trinajstić information content (AvgIpc) is 4.01. The summed E-state index contributed by atoms with van der Waals surface area (Å²) in [6.07, 6.45) is 19.4. The van der Waals surface area contributed by atoms with Gasteiger partial charge in [0, 0.05) is 106 Å². The number of ether oxygens (including phenoxy) is 1. The van der Waals surface area contributed by atoms with Crippen LogP contribution in [0.5, 0.6) is 5.75 Å². The first-order chi connectivity index (χ1) is 32.8. The molecule has 4 N–H and O–H groups in total. The van der Waals surface area contributed by atoms with Crippen LogP contribution in [-0.4, -0.2) is 89.3 Å². The van der Waals surface area contributed by atoms with Crippen molar-refractivity contribution in [3.63, 3.8) is 0 Å². The van der Waals surface area contributed by atoms with E-state index in [0.29, 0.717) is 96.8 Å². The smallest absolute Gasteiger partial charge is 0.332 e. The van der Waals surface area contributed by atoms with Crippen LogP contribution in [0.25, 0.3) is 22.3 Å². The van der Waals surface area contributed by atoms with Crippen molar-refractivity contribution >= 4 is 31.8 Å². The fourth-order valence-electron chi connectivity index (χ4n) is 8.80. The number of nitrogens with zero attached hydrogens (tertiary/aromatic N) is 7. The van der Waals surface area contributed by atoms with Crippen molar-refractivity contribution < 1.29 is 35.1 Å². The molecule has 2 saturated heterocycles. The molecule has 0 saturated carbocycles. The van der Waals surface area contributed by atoms with E-state index < -0.39 is 36.6 Å². The van der Waals surface area contributed by atoms with Crippen molar-refractivity contribution in [1.82, 2.24) is 34.5 Å². The average molecular weight is 963 g/mol. The van der Waals surface area contributed by atoms with Crippen LogP contribution in [0.15, 0.2) is 110 Å². The zero-order valence-electron chi connectivity index (χ0n) is 36.8. The highest BCUT2D eigenvalue weighted by Gasteiger charge is 2.39. The molecule has 2 amide bonds. The van der Waals surface area contributed by atoms with Crippen LogP contribution in [-0.2, 0) is 58.8 Å². The van der Waals surface area contributed by atoms with Gasteiger partial charge in [-0.15, -0.1) is 5.26 Å². The molecule has 0 unspecified atom stereocenters. The van der Waals surface area contributed by atoms with Gasteiger partial charge in [-0.2, -0.15) is 0 Å². The van der Waals surface area contributed by atoms with E-state index in [1.54, 1.807) is 80.1 Å². The molecule has 2 fully saturated rings. The summed E-state index contributed by atoms with van der Waals surface area (Å²) in [4.78, 5) is 32.8. The number of fused-ring (bicyclic) bond motifs is 2. The highest BCUT2D eigenvalue weighted by molar-refractivity contribution is 7.90. The fourth-order valence-corrected chi connectivity index (χ4v) is 10.9. The van der Waals surface area contributed by atoms with Gasteiger partial charge < -0.3 is 10.1 Å². The number of sulfonamides is 2. The van der Waals surface area contributed by atoms with Crippen molar-refractivity contribution in [3.05, 3.63) is 155 Å². The number of primary sulfonamides is 1. The molecule has 16 nitrogen and oxygen atoms in total. The number of nitrogens with one attached hydrogen (secondary N) is 2. The summed E-state index contributed by atoms with van der Waals surface area (Å²) in [7, 11) is -7.22. The number of nitriles is 1. The topological polar surface area (TPSA) is 226 Å². The molecule has 4 aromatic heterocycles. The van der Waals surface area contributed by atoms with E-state index in [0.717, 1.165) is 48.1 Å². The Morgan fingerprint density at radius 1 is 0.691 bits per heavy atom. The molecule has 2 aliphatic carbocycles. The quantitative estimate of drug-likeness (QED) is 0.129. The number of amides is 2. The lowest BCUT2D eigenvalue weighted by Crippen LogP contribution is -2.58. The van der Waals surface area contributed by atoms with Crippen LogP contribution in [0.2, 0.25) is 0 Å². The number of halogens is 2. The number of benzene rings is 2. The van der Waals surface area contributed by atoms with Gasteiger partial charge >= 0.3 is 6.03 Å². The van der Waals surface area contributed by atoms with Gasteiger partial charge in [-0.1, -0.05) is 12.1 Å². The maximum atomic E-state index is 14.7.